The largest absolute Gasteiger partial charge is 0.495 e. The van der Waals surface area contributed by atoms with E-state index in [4.69, 9.17) is 9.47 Å². The minimum absolute atomic E-state index is 0.297. The summed E-state index contributed by atoms with van der Waals surface area (Å²) in [5, 5.41) is 0. The van der Waals surface area contributed by atoms with Crippen LogP contribution < -0.4 is 9.47 Å². The van der Waals surface area contributed by atoms with E-state index in [0.717, 1.165) is 0 Å². The average molecular weight is 338 g/mol. The molecule has 2 aromatic rings. The van der Waals surface area contributed by atoms with E-state index in [1.54, 1.807) is 38.5 Å². The summed E-state index contributed by atoms with van der Waals surface area (Å²) in [6.45, 7) is 0. The summed E-state index contributed by atoms with van der Waals surface area (Å²) in [5.74, 6) is 1.77. The van der Waals surface area contributed by atoms with Crippen molar-refractivity contribution in [2.75, 3.05) is 25.7 Å². The highest BCUT2D eigenvalue weighted by Gasteiger charge is 2.14. The first-order chi connectivity index (χ1) is 10.7. The maximum absolute atomic E-state index is 12.4. The maximum Gasteiger partial charge on any atom is 0.134 e. The van der Waals surface area contributed by atoms with E-state index in [-0.39, 0.29) is 0 Å². The molecule has 6 heteroatoms. The second-order valence-corrected chi connectivity index (χ2v) is 7.48. The lowest BCUT2D eigenvalue weighted by atomic mass is 10.3. The lowest BCUT2D eigenvalue weighted by Gasteiger charge is -2.09. The zero-order valence-electron chi connectivity index (χ0n) is 12.5. The van der Waals surface area contributed by atoms with Crippen molar-refractivity contribution in [2.45, 2.75) is 9.79 Å². The standard InChI is InChI=1S/C16H18O4S2/c1-19-13-7-3-5-9-15(13)21(17)11-12-22(18)16-10-6-4-8-14(16)20-2/h3-10H,11-12H2,1-2H3. The number of hydrogen-bond acceptors (Lipinski definition) is 4. The molecule has 0 aromatic heterocycles. The molecule has 2 aromatic carbocycles. The predicted molar refractivity (Wildman–Crippen MR) is 88.5 cm³/mol. The molecule has 0 aliphatic carbocycles. The molecule has 2 rings (SSSR count). The summed E-state index contributed by atoms with van der Waals surface area (Å²) < 4.78 is 35.2. The average Bonchev–Trinajstić information content (AvgIpc) is 2.59. The SMILES string of the molecule is COc1ccccc1S(=O)CCS(=O)c1ccccc1OC. The van der Waals surface area contributed by atoms with Gasteiger partial charge in [-0.25, -0.2) is 0 Å². The number of methoxy groups -OCH3 is 2. The lowest BCUT2D eigenvalue weighted by Crippen LogP contribution is -2.10. The van der Waals surface area contributed by atoms with E-state index >= 15 is 0 Å². The Labute approximate surface area is 135 Å². The monoisotopic (exact) mass is 338 g/mol. The molecule has 2 atom stereocenters. The molecule has 0 N–H and O–H groups in total. The fourth-order valence-electron chi connectivity index (χ4n) is 1.99. The molecule has 0 heterocycles. The number of benzene rings is 2. The van der Waals surface area contributed by atoms with Gasteiger partial charge in [0, 0.05) is 11.5 Å². The van der Waals surface area contributed by atoms with E-state index < -0.39 is 21.6 Å². The van der Waals surface area contributed by atoms with Crippen LogP contribution in [0.3, 0.4) is 0 Å². The minimum atomic E-state index is -1.26. The molecular formula is C16H18O4S2. The van der Waals surface area contributed by atoms with Gasteiger partial charge in [-0.1, -0.05) is 24.3 Å². The number of rotatable bonds is 7. The predicted octanol–water partition coefficient (Wildman–Crippen LogP) is 2.62. The number of hydrogen-bond donors (Lipinski definition) is 0. The fourth-order valence-corrected chi connectivity index (χ4v) is 4.85. The van der Waals surface area contributed by atoms with Crippen LogP contribution in [0.1, 0.15) is 0 Å². The highest BCUT2D eigenvalue weighted by atomic mass is 32.2. The number of para-hydroxylation sites is 2. The van der Waals surface area contributed by atoms with Gasteiger partial charge in [-0.3, -0.25) is 8.42 Å². The summed E-state index contributed by atoms with van der Waals surface area (Å²) in [6, 6.07) is 14.3. The fraction of sp³-hybridized carbons (Fsp3) is 0.250. The van der Waals surface area contributed by atoms with Crippen molar-refractivity contribution in [2.24, 2.45) is 0 Å². The normalized spacial score (nSPS) is 13.4. The summed E-state index contributed by atoms with van der Waals surface area (Å²) in [6.07, 6.45) is 0. The molecule has 0 aliphatic heterocycles. The lowest BCUT2D eigenvalue weighted by molar-refractivity contribution is 0.403. The minimum Gasteiger partial charge on any atom is -0.495 e. The summed E-state index contributed by atoms with van der Waals surface area (Å²) in [4.78, 5) is 1.25. The molecule has 0 saturated heterocycles. The molecule has 22 heavy (non-hydrogen) atoms. The van der Waals surface area contributed by atoms with Crippen LogP contribution in [0, 0.1) is 0 Å². The Morgan fingerprint density at radius 1 is 0.727 bits per heavy atom. The number of ether oxygens (including phenoxy) is 2. The van der Waals surface area contributed by atoms with Crippen molar-refractivity contribution in [3.8, 4) is 11.5 Å². The van der Waals surface area contributed by atoms with Gasteiger partial charge in [0.2, 0.25) is 0 Å². The van der Waals surface area contributed by atoms with Gasteiger partial charge in [-0.2, -0.15) is 0 Å². The zero-order valence-corrected chi connectivity index (χ0v) is 14.1. The molecule has 0 bridgehead atoms. The molecule has 0 amide bonds. The van der Waals surface area contributed by atoms with Crippen LogP contribution in [0.4, 0.5) is 0 Å². The van der Waals surface area contributed by atoms with Crippen LogP contribution >= 0.6 is 0 Å². The summed E-state index contributed by atoms with van der Waals surface area (Å²) in [7, 11) is 0.576. The maximum atomic E-state index is 12.4. The molecule has 0 aliphatic rings. The van der Waals surface area contributed by atoms with E-state index in [2.05, 4.69) is 0 Å². The molecule has 0 spiro atoms. The van der Waals surface area contributed by atoms with Crippen molar-refractivity contribution in [3.63, 3.8) is 0 Å². The Morgan fingerprint density at radius 2 is 1.09 bits per heavy atom. The quantitative estimate of drug-likeness (QED) is 0.779. The third-order valence-electron chi connectivity index (χ3n) is 3.08. The summed E-state index contributed by atoms with van der Waals surface area (Å²) in [5.41, 5.74) is 0. The Kier molecular flexibility index (Phi) is 6.15. The topological polar surface area (TPSA) is 52.6 Å². The molecule has 0 fully saturated rings. The third kappa shape index (κ3) is 3.96. The first-order valence-corrected chi connectivity index (χ1v) is 9.34. The van der Waals surface area contributed by atoms with Crippen molar-refractivity contribution in [1.82, 2.24) is 0 Å². The molecule has 118 valence electrons. The summed E-state index contributed by atoms with van der Waals surface area (Å²) >= 11 is 0. The van der Waals surface area contributed by atoms with E-state index in [9.17, 15) is 8.42 Å². The molecule has 0 radical (unpaired) electrons. The van der Waals surface area contributed by atoms with Gasteiger partial charge in [0.1, 0.15) is 11.5 Å². The molecule has 2 unspecified atom stereocenters. The van der Waals surface area contributed by atoms with E-state index in [1.165, 1.54) is 0 Å². The van der Waals surface area contributed by atoms with E-state index in [0.29, 0.717) is 32.8 Å². The smallest absolute Gasteiger partial charge is 0.134 e. The first-order valence-electron chi connectivity index (χ1n) is 6.70. The van der Waals surface area contributed by atoms with Gasteiger partial charge in [-0.05, 0) is 24.3 Å². The molecular weight excluding hydrogens is 320 g/mol. The Balaban J connectivity index is 2.06. The van der Waals surface area contributed by atoms with Crippen molar-refractivity contribution in [1.29, 1.82) is 0 Å². The van der Waals surface area contributed by atoms with Gasteiger partial charge in [0.25, 0.3) is 0 Å². The Hall–Kier alpha value is -1.66. The van der Waals surface area contributed by atoms with Crippen LogP contribution in [-0.2, 0) is 21.6 Å². The van der Waals surface area contributed by atoms with Gasteiger partial charge < -0.3 is 9.47 Å². The Morgan fingerprint density at radius 3 is 1.45 bits per heavy atom. The van der Waals surface area contributed by atoms with Crippen LogP contribution in [0.2, 0.25) is 0 Å². The molecule has 0 saturated carbocycles. The van der Waals surface area contributed by atoms with Crippen LogP contribution in [0.15, 0.2) is 58.3 Å². The second kappa shape index (κ2) is 8.10. The second-order valence-electron chi connectivity index (χ2n) is 4.40. The van der Waals surface area contributed by atoms with E-state index in [1.807, 2.05) is 24.3 Å². The highest BCUT2D eigenvalue weighted by Crippen LogP contribution is 2.24. The van der Waals surface area contributed by atoms with Crippen LogP contribution in [0.5, 0.6) is 11.5 Å². The van der Waals surface area contributed by atoms with Crippen molar-refractivity contribution in [3.05, 3.63) is 48.5 Å². The van der Waals surface area contributed by atoms with Gasteiger partial charge in [0.15, 0.2) is 0 Å². The van der Waals surface area contributed by atoms with Crippen LogP contribution in [-0.4, -0.2) is 34.1 Å². The zero-order chi connectivity index (χ0) is 15.9. The van der Waals surface area contributed by atoms with Crippen molar-refractivity contribution >= 4 is 21.6 Å². The van der Waals surface area contributed by atoms with Gasteiger partial charge in [-0.15, -0.1) is 0 Å². The first kappa shape index (κ1) is 16.7. The van der Waals surface area contributed by atoms with Gasteiger partial charge in [0.05, 0.1) is 45.6 Å². The van der Waals surface area contributed by atoms with Crippen molar-refractivity contribution < 1.29 is 17.9 Å². The highest BCUT2D eigenvalue weighted by molar-refractivity contribution is 7.89. The Bertz CT molecular complexity index is 626. The van der Waals surface area contributed by atoms with Gasteiger partial charge >= 0.3 is 0 Å². The third-order valence-corrected chi connectivity index (χ3v) is 6.15. The molecule has 4 nitrogen and oxygen atoms in total. The van der Waals surface area contributed by atoms with Crippen LogP contribution in [0.25, 0.3) is 0 Å².